The van der Waals surface area contributed by atoms with Gasteiger partial charge in [0.2, 0.25) is 0 Å². The Labute approximate surface area is 98.1 Å². The molecule has 0 saturated carbocycles. The van der Waals surface area contributed by atoms with Gasteiger partial charge in [-0.3, -0.25) is 0 Å². The largest absolute Gasteiger partial charge is 0.417 e. The molecule has 0 radical (unpaired) electrons. The van der Waals surface area contributed by atoms with Gasteiger partial charge in [0.25, 0.3) is 0 Å². The lowest BCUT2D eigenvalue weighted by molar-refractivity contribution is -0.136. The number of alkyl halides is 3. The Morgan fingerprint density at radius 3 is 2.35 bits per heavy atom. The van der Waals surface area contributed by atoms with E-state index in [9.17, 15) is 13.2 Å². The number of hydrogen-bond donors (Lipinski definition) is 0. The molecule has 17 heavy (non-hydrogen) atoms. The van der Waals surface area contributed by atoms with Crippen LogP contribution in [0.3, 0.4) is 0 Å². The third-order valence-corrected chi connectivity index (χ3v) is 3.00. The predicted molar refractivity (Wildman–Crippen MR) is 63.1 cm³/mol. The molecule has 2 aromatic rings. The summed E-state index contributed by atoms with van der Waals surface area (Å²) in [5.41, 5.74) is 0.539. The van der Waals surface area contributed by atoms with Crippen molar-refractivity contribution in [2.24, 2.45) is 0 Å². The van der Waals surface area contributed by atoms with Crippen molar-refractivity contribution in [1.82, 2.24) is 0 Å². The molecule has 0 heterocycles. The van der Waals surface area contributed by atoms with Crippen LogP contribution < -0.4 is 0 Å². The summed E-state index contributed by atoms with van der Waals surface area (Å²) in [5.74, 6) is 0. The molecule has 0 aliphatic carbocycles. The third kappa shape index (κ3) is 2.02. The summed E-state index contributed by atoms with van der Waals surface area (Å²) in [6.07, 6.45) is -3.70. The van der Waals surface area contributed by atoms with E-state index in [1.165, 1.54) is 13.0 Å². The van der Waals surface area contributed by atoms with Crippen molar-refractivity contribution >= 4 is 10.8 Å². The normalized spacial score (nSPS) is 12.1. The van der Waals surface area contributed by atoms with Crippen molar-refractivity contribution < 1.29 is 13.2 Å². The van der Waals surface area contributed by atoms with Crippen LogP contribution in [0.15, 0.2) is 30.3 Å². The second-order valence-electron chi connectivity index (χ2n) is 4.12. The van der Waals surface area contributed by atoms with Gasteiger partial charge in [0.1, 0.15) is 0 Å². The number of halogens is 3. The first-order chi connectivity index (χ1) is 7.95. The molecule has 0 aromatic heterocycles. The van der Waals surface area contributed by atoms with E-state index >= 15 is 0 Å². The molecule has 0 N–H and O–H groups in total. The van der Waals surface area contributed by atoms with E-state index in [0.717, 1.165) is 5.56 Å². The van der Waals surface area contributed by atoms with Crippen LogP contribution >= 0.6 is 0 Å². The first-order valence-corrected chi connectivity index (χ1v) is 5.53. The summed E-state index contributed by atoms with van der Waals surface area (Å²) < 4.78 is 39.3. The first kappa shape index (κ1) is 12.0. The van der Waals surface area contributed by atoms with Gasteiger partial charge in [-0.15, -0.1) is 0 Å². The lowest BCUT2D eigenvalue weighted by Gasteiger charge is -2.16. The molecule has 0 aliphatic rings. The van der Waals surface area contributed by atoms with E-state index in [0.29, 0.717) is 17.2 Å². The summed E-state index contributed by atoms with van der Waals surface area (Å²) >= 11 is 0. The van der Waals surface area contributed by atoms with E-state index in [1.807, 2.05) is 6.92 Å². The highest BCUT2D eigenvalue weighted by atomic mass is 19.4. The van der Waals surface area contributed by atoms with Gasteiger partial charge in [0.05, 0.1) is 5.56 Å². The van der Waals surface area contributed by atoms with Crippen molar-refractivity contribution in [1.29, 1.82) is 0 Å². The maximum Gasteiger partial charge on any atom is 0.417 e. The molecule has 0 atom stereocenters. The van der Waals surface area contributed by atoms with Gasteiger partial charge in [-0.05, 0) is 35.2 Å². The van der Waals surface area contributed by atoms with E-state index in [-0.39, 0.29) is 5.56 Å². The molecule has 2 aromatic carbocycles. The lowest BCUT2D eigenvalue weighted by Crippen LogP contribution is -2.09. The van der Waals surface area contributed by atoms with Gasteiger partial charge in [0, 0.05) is 0 Å². The number of hydrogen-bond acceptors (Lipinski definition) is 0. The summed E-state index contributed by atoms with van der Waals surface area (Å²) in [5, 5.41) is 1.00. The van der Waals surface area contributed by atoms with E-state index in [2.05, 4.69) is 0 Å². The van der Waals surface area contributed by atoms with Crippen LogP contribution in [-0.2, 0) is 12.6 Å². The number of benzene rings is 2. The van der Waals surface area contributed by atoms with Crippen LogP contribution in [0.2, 0.25) is 0 Å². The number of aryl methyl sites for hydroxylation is 2. The lowest BCUT2D eigenvalue weighted by atomic mass is 9.94. The Morgan fingerprint density at radius 1 is 1.06 bits per heavy atom. The molecule has 0 nitrogen and oxygen atoms in total. The molecule has 3 heteroatoms. The van der Waals surface area contributed by atoms with Crippen LogP contribution in [0.1, 0.15) is 23.6 Å². The van der Waals surface area contributed by atoms with Gasteiger partial charge < -0.3 is 0 Å². The zero-order valence-corrected chi connectivity index (χ0v) is 9.73. The van der Waals surface area contributed by atoms with Crippen LogP contribution in [0.25, 0.3) is 10.8 Å². The van der Waals surface area contributed by atoms with Gasteiger partial charge in [-0.25, -0.2) is 0 Å². The average Bonchev–Trinajstić information content (AvgIpc) is 2.26. The average molecular weight is 238 g/mol. The molecule has 0 bridgehead atoms. The van der Waals surface area contributed by atoms with Crippen LogP contribution in [0.4, 0.5) is 13.2 Å². The molecule has 0 unspecified atom stereocenters. The molecular formula is C14H13F3. The summed E-state index contributed by atoms with van der Waals surface area (Å²) in [6.45, 7) is 3.38. The quantitative estimate of drug-likeness (QED) is 0.673. The summed E-state index contributed by atoms with van der Waals surface area (Å²) in [4.78, 5) is 0. The van der Waals surface area contributed by atoms with Crippen LogP contribution in [0, 0.1) is 6.92 Å². The number of fused-ring (bicyclic) bond motifs is 1. The van der Waals surface area contributed by atoms with Crippen molar-refractivity contribution in [3.63, 3.8) is 0 Å². The molecule has 0 fully saturated rings. The Morgan fingerprint density at radius 2 is 1.76 bits per heavy atom. The fraction of sp³-hybridized carbons (Fsp3) is 0.286. The maximum atomic E-state index is 13.1. The number of rotatable bonds is 1. The Bertz CT molecular complexity index is 553. The van der Waals surface area contributed by atoms with Crippen LogP contribution in [0.5, 0.6) is 0 Å². The smallest absolute Gasteiger partial charge is 0.166 e. The minimum atomic E-state index is -4.30. The molecule has 0 aliphatic heterocycles. The SMILES string of the molecule is CCc1cccc2ccc(C)c(C(F)(F)F)c12. The second-order valence-corrected chi connectivity index (χ2v) is 4.12. The van der Waals surface area contributed by atoms with E-state index in [4.69, 9.17) is 0 Å². The zero-order valence-electron chi connectivity index (χ0n) is 9.73. The monoisotopic (exact) mass is 238 g/mol. The van der Waals surface area contributed by atoms with Crippen molar-refractivity contribution in [2.45, 2.75) is 26.4 Å². The molecule has 90 valence electrons. The van der Waals surface area contributed by atoms with Crippen LogP contribution in [-0.4, -0.2) is 0 Å². The molecule has 0 saturated heterocycles. The van der Waals surface area contributed by atoms with Gasteiger partial charge >= 0.3 is 6.18 Å². The molecule has 2 rings (SSSR count). The standard InChI is InChI=1S/C14H13F3/c1-3-10-5-4-6-11-8-7-9(2)13(12(10)11)14(15,16)17/h4-8H,3H2,1-2H3. The Kier molecular flexibility index (Phi) is 2.86. The molecular weight excluding hydrogens is 225 g/mol. The van der Waals surface area contributed by atoms with Gasteiger partial charge in [0.15, 0.2) is 0 Å². The predicted octanol–water partition coefficient (Wildman–Crippen LogP) is 4.73. The Balaban J connectivity index is 2.93. The summed E-state index contributed by atoms with van der Waals surface area (Å²) in [7, 11) is 0. The molecule has 0 amide bonds. The minimum absolute atomic E-state index is 0.283. The van der Waals surface area contributed by atoms with Crippen molar-refractivity contribution in [3.05, 3.63) is 47.0 Å². The zero-order chi connectivity index (χ0) is 12.6. The van der Waals surface area contributed by atoms with Gasteiger partial charge in [-0.2, -0.15) is 13.2 Å². The highest BCUT2D eigenvalue weighted by molar-refractivity contribution is 5.90. The maximum absolute atomic E-state index is 13.1. The van der Waals surface area contributed by atoms with Crippen molar-refractivity contribution in [2.75, 3.05) is 0 Å². The molecule has 0 spiro atoms. The summed E-state index contributed by atoms with van der Waals surface area (Å²) in [6, 6.07) is 8.57. The first-order valence-electron chi connectivity index (χ1n) is 5.53. The fourth-order valence-corrected chi connectivity index (χ4v) is 2.22. The topological polar surface area (TPSA) is 0 Å². The minimum Gasteiger partial charge on any atom is -0.166 e. The second kappa shape index (κ2) is 4.06. The van der Waals surface area contributed by atoms with E-state index < -0.39 is 11.7 Å². The Hall–Kier alpha value is -1.51. The third-order valence-electron chi connectivity index (χ3n) is 3.00. The van der Waals surface area contributed by atoms with Gasteiger partial charge in [-0.1, -0.05) is 37.3 Å². The van der Waals surface area contributed by atoms with E-state index in [1.54, 1.807) is 24.3 Å². The fourth-order valence-electron chi connectivity index (χ4n) is 2.22. The highest BCUT2D eigenvalue weighted by Gasteiger charge is 2.34. The van der Waals surface area contributed by atoms with Crippen molar-refractivity contribution in [3.8, 4) is 0 Å². The highest BCUT2D eigenvalue weighted by Crippen LogP contribution is 2.38.